The van der Waals surface area contributed by atoms with Gasteiger partial charge in [0.1, 0.15) is 0 Å². The van der Waals surface area contributed by atoms with Gasteiger partial charge in [-0.2, -0.15) is 0 Å². The fourth-order valence-corrected chi connectivity index (χ4v) is 3.73. The summed E-state index contributed by atoms with van der Waals surface area (Å²) in [4.78, 5) is 41.1. The zero-order valence-electron chi connectivity index (χ0n) is 17.5. The van der Waals surface area contributed by atoms with E-state index in [-0.39, 0.29) is 5.91 Å². The van der Waals surface area contributed by atoms with Crippen molar-refractivity contribution in [1.29, 1.82) is 0 Å². The summed E-state index contributed by atoms with van der Waals surface area (Å²) in [6, 6.07) is 23.3. The molecule has 0 fully saturated rings. The summed E-state index contributed by atoms with van der Waals surface area (Å²) in [7, 11) is 1.74. The fraction of sp³-hybridized carbons (Fsp3) is 0.160. The summed E-state index contributed by atoms with van der Waals surface area (Å²) in [5.41, 5.74) is 3.53. The van der Waals surface area contributed by atoms with E-state index in [1.807, 2.05) is 42.5 Å². The van der Waals surface area contributed by atoms with Crippen molar-refractivity contribution in [3.63, 3.8) is 0 Å². The van der Waals surface area contributed by atoms with Crippen LogP contribution < -0.4 is 11.1 Å². The summed E-state index contributed by atoms with van der Waals surface area (Å²) in [6.07, 6.45) is 0. The van der Waals surface area contributed by atoms with Crippen LogP contribution in [0.1, 0.15) is 22.8 Å². The van der Waals surface area contributed by atoms with Gasteiger partial charge in [-0.25, -0.2) is 0 Å². The van der Waals surface area contributed by atoms with Crippen LogP contribution >= 0.6 is 0 Å². The van der Waals surface area contributed by atoms with Gasteiger partial charge in [0.2, 0.25) is 0 Å². The van der Waals surface area contributed by atoms with Gasteiger partial charge in [-0.1, -0.05) is 54.6 Å². The van der Waals surface area contributed by atoms with Crippen LogP contribution in [0.5, 0.6) is 0 Å². The number of amides is 1. The van der Waals surface area contributed by atoms with E-state index in [4.69, 9.17) is 0 Å². The maximum absolute atomic E-state index is 13.0. The van der Waals surface area contributed by atoms with Crippen molar-refractivity contribution in [3.05, 3.63) is 105 Å². The first-order valence-corrected chi connectivity index (χ1v) is 10.1. The lowest BCUT2D eigenvalue weighted by Gasteiger charge is -2.18. The molecule has 1 N–H and O–H groups in total. The smallest absolute Gasteiger partial charge is 0.316 e. The monoisotopic (exact) mass is 413 g/mol. The number of aromatic nitrogens is 2. The third-order valence-corrected chi connectivity index (χ3v) is 5.37. The van der Waals surface area contributed by atoms with Crippen LogP contribution in [0.25, 0.3) is 22.2 Å². The van der Waals surface area contributed by atoms with Crippen molar-refractivity contribution >= 4 is 16.9 Å². The predicted molar refractivity (Wildman–Crippen MR) is 122 cm³/mol. The Labute approximate surface area is 179 Å². The number of hydrogen-bond acceptors (Lipinski definition) is 3. The summed E-state index contributed by atoms with van der Waals surface area (Å²) in [5, 5.41) is 0. The number of nitrogens with one attached hydrogen (secondary N) is 1. The van der Waals surface area contributed by atoms with E-state index in [1.54, 1.807) is 37.1 Å². The first kappa shape index (κ1) is 20.3. The van der Waals surface area contributed by atoms with Crippen molar-refractivity contribution in [2.45, 2.75) is 20.0 Å². The highest BCUT2D eigenvalue weighted by atomic mass is 16.2. The lowest BCUT2D eigenvalue weighted by molar-refractivity contribution is 0.0785. The fourth-order valence-electron chi connectivity index (χ4n) is 3.73. The number of aryl methyl sites for hydroxylation is 1. The normalized spacial score (nSPS) is 10.9. The quantitative estimate of drug-likeness (QED) is 0.508. The molecule has 4 rings (SSSR count). The average Bonchev–Trinajstić information content (AvgIpc) is 2.80. The minimum atomic E-state index is -0.689. The average molecular weight is 413 g/mol. The molecule has 31 heavy (non-hydrogen) atoms. The van der Waals surface area contributed by atoms with Gasteiger partial charge in [-0.05, 0) is 41.8 Å². The first-order valence-electron chi connectivity index (χ1n) is 10.1. The van der Waals surface area contributed by atoms with Gasteiger partial charge in [0, 0.05) is 25.7 Å². The summed E-state index contributed by atoms with van der Waals surface area (Å²) >= 11 is 0. The Balaban J connectivity index is 1.55. The molecule has 4 aromatic rings. The van der Waals surface area contributed by atoms with Gasteiger partial charge in [0.25, 0.3) is 5.91 Å². The molecule has 0 radical (unpaired) electrons. The number of rotatable bonds is 5. The van der Waals surface area contributed by atoms with E-state index >= 15 is 0 Å². The zero-order chi connectivity index (χ0) is 22.0. The van der Waals surface area contributed by atoms with Crippen LogP contribution in [0, 0.1) is 0 Å². The number of aromatic amines is 1. The molecule has 6 heteroatoms. The van der Waals surface area contributed by atoms with Crippen LogP contribution in [0.3, 0.4) is 0 Å². The number of carbonyl (C=O) groups excluding carboxylic acids is 1. The second-order valence-corrected chi connectivity index (χ2v) is 7.46. The summed E-state index contributed by atoms with van der Waals surface area (Å²) < 4.78 is 1.40. The van der Waals surface area contributed by atoms with E-state index in [0.29, 0.717) is 29.7 Å². The van der Waals surface area contributed by atoms with Crippen LogP contribution in [0.2, 0.25) is 0 Å². The van der Waals surface area contributed by atoms with Crippen LogP contribution in [-0.2, 0) is 13.1 Å². The molecule has 0 spiro atoms. The van der Waals surface area contributed by atoms with Crippen molar-refractivity contribution in [3.8, 4) is 11.1 Å². The zero-order valence-corrected chi connectivity index (χ0v) is 17.5. The molecule has 3 aromatic carbocycles. The van der Waals surface area contributed by atoms with E-state index in [9.17, 15) is 14.4 Å². The molecule has 1 heterocycles. The van der Waals surface area contributed by atoms with Gasteiger partial charge < -0.3 is 14.5 Å². The molecule has 1 aromatic heterocycles. The minimum absolute atomic E-state index is 0.163. The maximum atomic E-state index is 13.0. The second-order valence-electron chi connectivity index (χ2n) is 7.46. The molecule has 0 aliphatic carbocycles. The van der Waals surface area contributed by atoms with E-state index in [1.165, 1.54) is 4.57 Å². The van der Waals surface area contributed by atoms with Gasteiger partial charge in [0.05, 0.1) is 11.0 Å². The number of hydrogen-bond donors (Lipinski definition) is 1. The number of H-pyrrole nitrogens is 1. The number of fused-ring (bicyclic) bond motifs is 1. The Morgan fingerprint density at radius 3 is 2.29 bits per heavy atom. The minimum Gasteiger partial charge on any atom is -0.337 e. The third-order valence-electron chi connectivity index (χ3n) is 5.37. The van der Waals surface area contributed by atoms with E-state index in [0.717, 1.165) is 16.7 Å². The molecule has 0 saturated heterocycles. The molecule has 0 saturated carbocycles. The standard InChI is InChI=1S/C25H23N3O3/c1-3-28-22-14-13-20(15-21(22)26-23(29)25(28)31)24(30)27(2)16-17-9-11-19(12-10-17)18-7-5-4-6-8-18/h4-15H,3,16H2,1-2H3,(H,26,29). The van der Waals surface area contributed by atoms with Gasteiger partial charge in [0.15, 0.2) is 0 Å². The molecule has 1 amide bonds. The van der Waals surface area contributed by atoms with Gasteiger partial charge in [-0.15, -0.1) is 0 Å². The molecular weight excluding hydrogens is 390 g/mol. The van der Waals surface area contributed by atoms with Gasteiger partial charge in [-0.3, -0.25) is 14.4 Å². The maximum Gasteiger partial charge on any atom is 0.316 e. The van der Waals surface area contributed by atoms with Crippen LogP contribution in [-0.4, -0.2) is 27.4 Å². The van der Waals surface area contributed by atoms with Crippen molar-refractivity contribution in [2.75, 3.05) is 7.05 Å². The van der Waals surface area contributed by atoms with Crippen LogP contribution in [0.4, 0.5) is 0 Å². The number of nitrogens with zero attached hydrogens (tertiary/aromatic N) is 2. The highest BCUT2D eigenvalue weighted by Crippen LogP contribution is 2.20. The van der Waals surface area contributed by atoms with E-state index in [2.05, 4.69) is 17.1 Å². The largest absolute Gasteiger partial charge is 0.337 e. The Morgan fingerprint density at radius 2 is 1.61 bits per heavy atom. The first-order chi connectivity index (χ1) is 15.0. The number of benzene rings is 3. The molecule has 0 bridgehead atoms. The van der Waals surface area contributed by atoms with Crippen molar-refractivity contribution in [1.82, 2.24) is 14.5 Å². The molecule has 0 unspecified atom stereocenters. The molecule has 0 aliphatic heterocycles. The van der Waals surface area contributed by atoms with Crippen molar-refractivity contribution < 1.29 is 4.79 Å². The molecule has 156 valence electrons. The lowest BCUT2D eigenvalue weighted by Crippen LogP contribution is -2.36. The van der Waals surface area contributed by atoms with Crippen LogP contribution in [0.15, 0.2) is 82.4 Å². The summed E-state index contributed by atoms with van der Waals surface area (Å²) in [5.74, 6) is -0.163. The molecular formula is C25H23N3O3. The SMILES string of the molecule is CCn1c(=O)c(=O)[nH]c2cc(C(=O)N(C)Cc3ccc(-c4ccccc4)cc3)ccc21. The van der Waals surface area contributed by atoms with Gasteiger partial charge >= 0.3 is 11.1 Å². The Bertz CT molecular complexity index is 1350. The Morgan fingerprint density at radius 1 is 0.935 bits per heavy atom. The third kappa shape index (κ3) is 4.05. The number of carbonyl (C=O) groups is 1. The topological polar surface area (TPSA) is 75.2 Å². The lowest BCUT2D eigenvalue weighted by atomic mass is 10.0. The molecule has 6 nitrogen and oxygen atoms in total. The van der Waals surface area contributed by atoms with E-state index < -0.39 is 11.1 Å². The predicted octanol–water partition coefficient (Wildman–Crippen LogP) is 3.65. The van der Waals surface area contributed by atoms with Crippen molar-refractivity contribution in [2.24, 2.45) is 0 Å². The Kier molecular flexibility index (Phi) is 5.54. The summed E-state index contributed by atoms with van der Waals surface area (Å²) in [6.45, 7) is 2.64. The highest BCUT2D eigenvalue weighted by Gasteiger charge is 2.15. The highest BCUT2D eigenvalue weighted by molar-refractivity contribution is 5.97. The second kappa shape index (κ2) is 8.44. The molecule has 0 atom stereocenters. The Hall–Kier alpha value is -3.93. The molecule has 0 aliphatic rings.